The highest BCUT2D eigenvalue weighted by Gasteiger charge is 2.33. The highest BCUT2D eigenvalue weighted by molar-refractivity contribution is 7.09. The quantitative estimate of drug-likeness (QED) is 0.886. The summed E-state index contributed by atoms with van der Waals surface area (Å²) in [7, 11) is 0. The van der Waals surface area contributed by atoms with Crippen molar-refractivity contribution in [3.63, 3.8) is 0 Å². The molecule has 0 aliphatic heterocycles. The Morgan fingerprint density at radius 2 is 2.11 bits per heavy atom. The van der Waals surface area contributed by atoms with Crippen molar-refractivity contribution < 1.29 is 13.2 Å². The van der Waals surface area contributed by atoms with Crippen molar-refractivity contribution >= 4 is 28.6 Å². The van der Waals surface area contributed by atoms with Crippen molar-refractivity contribution in [2.24, 2.45) is 0 Å². The predicted octanol–water partition coefficient (Wildman–Crippen LogP) is 4.74. The van der Waals surface area contributed by atoms with Gasteiger partial charge in [0.25, 0.3) is 0 Å². The third-order valence-electron chi connectivity index (χ3n) is 2.57. The van der Waals surface area contributed by atoms with Crippen LogP contribution >= 0.6 is 22.9 Å². The summed E-state index contributed by atoms with van der Waals surface area (Å²) < 4.78 is 38.6. The molecule has 1 aromatic carbocycles. The van der Waals surface area contributed by atoms with E-state index in [0.29, 0.717) is 6.54 Å². The Labute approximate surface area is 117 Å². The van der Waals surface area contributed by atoms with Gasteiger partial charge in [0.2, 0.25) is 0 Å². The summed E-state index contributed by atoms with van der Waals surface area (Å²) in [5.41, 5.74) is 1.74. The summed E-state index contributed by atoms with van der Waals surface area (Å²) in [6, 6.07) is 3.68. The van der Waals surface area contributed by atoms with Crippen LogP contribution in [0.3, 0.4) is 0 Å². The molecule has 2 nitrogen and oxygen atoms in total. The van der Waals surface area contributed by atoms with Crippen molar-refractivity contribution in [1.82, 2.24) is 4.98 Å². The van der Waals surface area contributed by atoms with Gasteiger partial charge in [-0.05, 0) is 25.1 Å². The van der Waals surface area contributed by atoms with Gasteiger partial charge in [-0.25, -0.2) is 4.98 Å². The van der Waals surface area contributed by atoms with Gasteiger partial charge in [-0.1, -0.05) is 11.6 Å². The SMILES string of the molecule is Cc1ncsc1CNc1ccc(Cl)cc1C(F)(F)F. The molecular formula is C12H10ClF3N2S. The van der Waals surface area contributed by atoms with Crippen LogP contribution < -0.4 is 5.32 Å². The number of nitrogens with one attached hydrogen (secondary N) is 1. The lowest BCUT2D eigenvalue weighted by atomic mass is 10.1. The zero-order chi connectivity index (χ0) is 14.0. The summed E-state index contributed by atoms with van der Waals surface area (Å²) in [6.45, 7) is 2.13. The maximum atomic E-state index is 12.9. The molecule has 1 N–H and O–H groups in total. The number of hydrogen-bond acceptors (Lipinski definition) is 3. The van der Waals surface area contributed by atoms with Crippen molar-refractivity contribution in [3.05, 3.63) is 44.9 Å². The first-order valence-electron chi connectivity index (χ1n) is 5.37. The fourth-order valence-electron chi connectivity index (χ4n) is 1.58. The largest absolute Gasteiger partial charge is 0.418 e. The number of aryl methyl sites for hydroxylation is 1. The average Bonchev–Trinajstić information content (AvgIpc) is 2.72. The van der Waals surface area contributed by atoms with Gasteiger partial charge in [0, 0.05) is 15.6 Å². The van der Waals surface area contributed by atoms with Gasteiger partial charge in [0.1, 0.15) is 0 Å². The molecular weight excluding hydrogens is 297 g/mol. The molecule has 0 radical (unpaired) electrons. The summed E-state index contributed by atoms with van der Waals surface area (Å²) in [5.74, 6) is 0. The van der Waals surface area contributed by atoms with E-state index in [0.717, 1.165) is 16.6 Å². The zero-order valence-corrected chi connectivity index (χ0v) is 11.5. The van der Waals surface area contributed by atoms with Crippen molar-refractivity contribution in [1.29, 1.82) is 0 Å². The number of alkyl halides is 3. The van der Waals surface area contributed by atoms with Crippen LogP contribution in [0.25, 0.3) is 0 Å². The fraction of sp³-hybridized carbons (Fsp3) is 0.250. The molecule has 102 valence electrons. The van der Waals surface area contributed by atoms with Crippen molar-refractivity contribution in [2.75, 3.05) is 5.32 Å². The number of rotatable bonds is 3. The minimum atomic E-state index is -4.43. The number of benzene rings is 1. The van der Waals surface area contributed by atoms with Crippen LogP contribution in [0, 0.1) is 6.92 Å². The minimum absolute atomic E-state index is 0.0182. The third-order valence-corrected chi connectivity index (χ3v) is 3.74. The Morgan fingerprint density at radius 3 is 2.68 bits per heavy atom. The van der Waals surface area contributed by atoms with Crippen molar-refractivity contribution in [3.8, 4) is 0 Å². The van der Waals surface area contributed by atoms with Crippen LogP contribution in [0.15, 0.2) is 23.7 Å². The number of halogens is 4. The standard InChI is InChI=1S/C12H10ClF3N2S/c1-7-11(19-6-18-7)5-17-10-3-2-8(13)4-9(10)12(14,15)16/h2-4,6,17H,5H2,1H3. The molecule has 0 saturated carbocycles. The summed E-state index contributed by atoms with van der Waals surface area (Å²) in [4.78, 5) is 4.96. The molecule has 2 rings (SSSR count). The van der Waals surface area contributed by atoms with E-state index in [-0.39, 0.29) is 10.7 Å². The third kappa shape index (κ3) is 3.39. The van der Waals surface area contributed by atoms with E-state index >= 15 is 0 Å². The van der Waals surface area contributed by atoms with Gasteiger partial charge in [0.05, 0.1) is 23.3 Å². The molecule has 1 aromatic heterocycles. The Balaban J connectivity index is 2.23. The van der Waals surface area contributed by atoms with E-state index in [1.54, 1.807) is 5.51 Å². The van der Waals surface area contributed by atoms with Gasteiger partial charge in [-0.2, -0.15) is 13.2 Å². The summed E-state index contributed by atoms with van der Waals surface area (Å²) >= 11 is 7.02. The van der Waals surface area contributed by atoms with Crippen LogP contribution in [0.4, 0.5) is 18.9 Å². The van der Waals surface area contributed by atoms with E-state index in [2.05, 4.69) is 10.3 Å². The second kappa shape index (κ2) is 5.38. The zero-order valence-electron chi connectivity index (χ0n) is 9.88. The predicted molar refractivity (Wildman–Crippen MR) is 70.6 cm³/mol. The first kappa shape index (κ1) is 14.1. The number of hydrogen-bond donors (Lipinski definition) is 1. The molecule has 7 heteroatoms. The molecule has 0 aliphatic rings. The fourth-order valence-corrected chi connectivity index (χ4v) is 2.47. The van der Waals surface area contributed by atoms with Gasteiger partial charge in [0.15, 0.2) is 0 Å². The molecule has 0 atom stereocenters. The molecule has 19 heavy (non-hydrogen) atoms. The highest BCUT2D eigenvalue weighted by Crippen LogP contribution is 2.36. The number of aromatic nitrogens is 1. The number of anilines is 1. The highest BCUT2D eigenvalue weighted by atomic mass is 35.5. The lowest BCUT2D eigenvalue weighted by Gasteiger charge is -2.14. The first-order chi connectivity index (χ1) is 8.88. The van der Waals surface area contributed by atoms with E-state index in [4.69, 9.17) is 11.6 Å². The molecule has 0 saturated heterocycles. The smallest absolute Gasteiger partial charge is 0.380 e. The molecule has 1 heterocycles. The molecule has 0 amide bonds. The van der Waals surface area contributed by atoms with Crippen LogP contribution in [-0.2, 0) is 12.7 Å². The lowest BCUT2D eigenvalue weighted by molar-refractivity contribution is -0.136. The van der Waals surface area contributed by atoms with E-state index < -0.39 is 11.7 Å². The van der Waals surface area contributed by atoms with Gasteiger partial charge >= 0.3 is 6.18 Å². The Hall–Kier alpha value is -1.27. The summed E-state index contributed by atoms with van der Waals surface area (Å²) in [6.07, 6.45) is -4.43. The monoisotopic (exact) mass is 306 g/mol. The molecule has 2 aromatic rings. The van der Waals surface area contributed by atoms with Gasteiger partial charge < -0.3 is 5.32 Å². The number of thiazole rings is 1. The van der Waals surface area contributed by atoms with E-state index in [1.165, 1.54) is 23.5 Å². The molecule has 0 unspecified atom stereocenters. The van der Waals surface area contributed by atoms with Crippen LogP contribution in [0.5, 0.6) is 0 Å². The molecule has 0 bridgehead atoms. The van der Waals surface area contributed by atoms with E-state index in [1.807, 2.05) is 6.92 Å². The average molecular weight is 307 g/mol. The number of nitrogens with zero attached hydrogens (tertiary/aromatic N) is 1. The minimum Gasteiger partial charge on any atom is -0.380 e. The Morgan fingerprint density at radius 1 is 1.37 bits per heavy atom. The van der Waals surface area contributed by atoms with Crippen LogP contribution in [0.2, 0.25) is 5.02 Å². The Kier molecular flexibility index (Phi) is 4.01. The molecule has 0 aliphatic carbocycles. The Bertz CT molecular complexity index is 581. The first-order valence-corrected chi connectivity index (χ1v) is 6.63. The van der Waals surface area contributed by atoms with E-state index in [9.17, 15) is 13.2 Å². The maximum Gasteiger partial charge on any atom is 0.418 e. The van der Waals surface area contributed by atoms with Gasteiger partial charge in [-0.15, -0.1) is 11.3 Å². The van der Waals surface area contributed by atoms with Crippen molar-refractivity contribution in [2.45, 2.75) is 19.6 Å². The van der Waals surface area contributed by atoms with Crippen LogP contribution in [0.1, 0.15) is 16.1 Å². The van der Waals surface area contributed by atoms with Gasteiger partial charge in [-0.3, -0.25) is 0 Å². The molecule has 0 spiro atoms. The second-order valence-electron chi connectivity index (χ2n) is 3.90. The molecule has 0 fully saturated rings. The summed E-state index contributed by atoms with van der Waals surface area (Å²) in [5, 5.41) is 2.84. The van der Waals surface area contributed by atoms with Crippen LogP contribution in [-0.4, -0.2) is 4.98 Å². The maximum absolute atomic E-state index is 12.9. The topological polar surface area (TPSA) is 24.9 Å². The second-order valence-corrected chi connectivity index (χ2v) is 5.28. The lowest BCUT2D eigenvalue weighted by Crippen LogP contribution is -2.10. The normalized spacial score (nSPS) is 11.6.